The molecule has 4 nitrogen and oxygen atoms in total. The highest BCUT2D eigenvalue weighted by Crippen LogP contribution is 2.40. The summed E-state index contributed by atoms with van der Waals surface area (Å²) >= 11 is 0. The minimum atomic E-state index is -4.45. The van der Waals surface area contributed by atoms with Crippen LogP contribution >= 0.6 is 0 Å². The lowest BCUT2D eigenvalue weighted by molar-refractivity contribution is -0.137. The van der Waals surface area contributed by atoms with Gasteiger partial charge < -0.3 is 14.7 Å². The number of halogens is 3. The largest absolute Gasteiger partial charge is 0.420 e. The van der Waals surface area contributed by atoms with Gasteiger partial charge in [0.2, 0.25) is 0 Å². The summed E-state index contributed by atoms with van der Waals surface area (Å²) in [5.41, 5.74) is -0.763. The molecule has 2 bridgehead atoms. The molecule has 1 N–H and O–H groups in total. The molecule has 0 unspecified atom stereocenters. The first-order valence-electron chi connectivity index (χ1n) is 7.88. The van der Waals surface area contributed by atoms with Crippen LogP contribution in [0.4, 0.5) is 19.0 Å². The molecule has 3 aliphatic heterocycles. The monoisotopic (exact) mass is 325 g/mol. The van der Waals surface area contributed by atoms with Crippen molar-refractivity contribution >= 4 is 16.8 Å². The Hall–Kier alpha value is -1.76. The number of benzene rings is 1. The van der Waals surface area contributed by atoms with Crippen LogP contribution in [0.2, 0.25) is 0 Å². The highest BCUT2D eigenvalue weighted by atomic mass is 19.4. The molecular weight excluding hydrogens is 307 g/mol. The summed E-state index contributed by atoms with van der Waals surface area (Å²) in [4.78, 5) is 2.38. The number of alkyl halides is 3. The van der Waals surface area contributed by atoms with Crippen molar-refractivity contribution in [1.29, 1.82) is 0 Å². The molecule has 2 aromatic rings. The van der Waals surface area contributed by atoms with E-state index in [0.29, 0.717) is 17.1 Å². The Bertz CT molecular complexity index is 732. The molecule has 3 fully saturated rings. The van der Waals surface area contributed by atoms with Crippen LogP contribution in [0.25, 0.3) is 11.0 Å². The van der Waals surface area contributed by atoms with Crippen LogP contribution in [0.5, 0.6) is 0 Å². The van der Waals surface area contributed by atoms with E-state index in [-0.39, 0.29) is 17.2 Å². The summed E-state index contributed by atoms with van der Waals surface area (Å²) < 4.78 is 44.8. The summed E-state index contributed by atoms with van der Waals surface area (Å²) in [6.45, 7) is 4.57. The molecule has 0 amide bonds. The van der Waals surface area contributed by atoms with Crippen molar-refractivity contribution < 1.29 is 17.7 Å². The molecule has 3 aliphatic rings. The smallest absolute Gasteiger partial charge is 0.362 e. The lowest BCUT2D eigenvalue weighted by atomic mass is 9.84. The normalized spacial score (nSPS) is 27.6. The van der Waals surface area contributed by atoms with Gasteiger partial charge in [-0.05, 0) is 50.4 Å². The minimum Gasteiger partial charge on any atom is -0.362 e. The molecule has 0 radical (unpaired) electrons. The third kappa shape index (κ3) is 2.47. The number of nitrogens with one attached hydrogen (secondary N) is 1. The van der Waals surface area contributed by atoms with Gasteiger partial charge in [-0.3, -0.25) is 0 Å². The number of aromatic nitrogens is 1. The van der Waals surface area contributed by atoms with Gasteiger partial charge in [-0.2, -0.15) is 13.2 Å². The van der Waals surface area contributed by atoms with Crippen LogP contribution in [0.3, 0.4) is 0 Å². The van der Waals surface area contributed by atoms with Gasteiger partial charge >= 0.3 is 6.18 Å². The average molecular weight is 325 g/mol. The number of rotatable bonds is 2. The second-order valence-corrected chi connectivity index (χ2v) is 6.55. The Morgan fingerprint density at radius 2 is 2.00 bits per heavy atom. The lowest BCUT2D eigenvalue weighted by Gasteiger charge is -2.44. The summed E-state index contributed by atoms with van der Waals surface area (Å²) in [6.07, 6.45) is -2.20. The molecule has 0 aliphatic carbocycles. The van der Waals surface area contributed by atoms with Crippen molar-refractivity contribution in [3.05, 3.63) is 23.3 Å². The number of hydrogen-bond acceptors (Lipinski definition) is 4. The third-order valence-corrected chi connectivity index (χ3v) is 5.11. The maximum atomic E-state index is 13.3. The predicted octanol–water partition coefficient (Wildman–Crippen LogP) is 3.66. The standard InChI is InChI=1S/C16H18F3N3O/c1-9-2-3-11-14(13(9)16(17,18)19)23-21-15(11)20-12-8-22-6-4-10(12)5-7-22/h2-3,10,12H,4-8H2,1H3,(H,20,21)/t12-/m1/s1. The van der Waals surface area contributed by atoms with Gasteiger partial charge in [-0.25, -0.2) is 0 Å². The molecular formula is C16H18F3N3O. The predicted molar refractivity (Wildman–Crippen MR) is 80.3 cm³/mol. The molecule has 23 heavy (non-hydrogen) atoms. The maximum Gasteiger partial charge on any atom is 0.420 e. The fourth-order valence-corrected chi connectivity index (χ4v) is 3.86. The van der Waals surface area contributed by atoms with E-state index in [4.69, 9.17) is 4.52 Å². The molecule has 0 spiro atoms. The zero-order valence-electron chi connectivity index (χ0n) is 12.8. The van der Waals surface area contributed by atoms with Crippen molar-refractivity contribution in [3.8, 4) is 0 Å². The zero-order chi connectivity index (χ0) is 16.2. The van der Waals surface area contributed by atoms with Crippen LogP contribution in [0.1, 0.15) is 24.0 Å². The van der Waals surface area contributed by atoms with Gasteiger partial charge in [0.25, 0.3) is 0 Å². The van der Waals surface area contributed by atoms with E-state index in [1.165, 1.54) is 13.0 Å². The molecule has 3 saturated heterocycles. The zero-order valence-corrected chi connectivity index (χ0v) is 12.8. The van der Waals surface area contributed by atoms with Crippen LogP contribution < -0.4 is 5.32 Å². The number of piperidine rings is 3. The highest BCUT2D eigenvalue weighted by molar-refractivity contribution is 5.91. The van der Waals surface area contributed by atoms with E-state index in [0.717, 1.165) is 32.5 Å². The quantitative estimate of drug-likeness (QED) is 0.915. The van der Waals surface area contributed by atoms with Crippen LogP contribution in [0, 0.1) is 12.8 Å². The van der Waals surface area contributed by atoms with Crippen molar-refractivity contribution in [2.45, 2.75) is 32.0 Å². The molecule has 4 heterocycles. The molecule has 5 rings (SSSR count). The molecule has 1 aromatic heterocycles. The van der Waals surface area contributed by atoms with Gasteiger partial charge in [0.1, 0.15) is 5.56 Å². The van der Waals surface area contributed by atoms with Gasteiger partial charge in [0, 0.05) is 12.6 Å². The van der Waals surface area contributed by atoms with Gasteiger partial charge in [0.05, 0.1) is 5.39 Å². The Morgan fingerprint density at radius 1 is 1.26 bits per heavy atom. The summed E-state index contributed by atoms with van der Waals surface area (Å²) in [6, 6.07) is 3.35. The number of fused-ring (bicyclic) bond motifs is 4. The van der Waals surface area contributed by atoms with Crippen molar-refractivity contribution in [1.82, 2.24) is 10.1 Å². The molecule has 0 saturated carbocycles. The highest BCUT2D eigenvalue weighted by Gasteiger charge is 2.38. The van der Waals surface area contributed by atoms with E-state index >= 15 is 0 Å². The van der Waals surface area contributed by atoms with E-state index < -0.39 is 11.7 Å². The fraction of sp³-hybridized carbons (Fsp3) is 0.562. The molecule has 1 atom stereocenters. The second kappa shape index (κ2) is 5.12. The van der Waals surface area contributed by atoms with Crippen LogP contribution in [-0.2, 0) is 6.18 Å². The molecule has 7 heteroatoms. The maximum absolute atomic E-state index is 13.3. The fourth-order valence-electron chi connectivity index (χ4n) is 3.86. The number of aryl methyl sites for hydroxylation is 1. The molecule has 1 aromatic carbocycles. The van der Waals surface area contributed by atoms with Gasteiger partial charge in [-0.15, -0.1) is 0 Å². The summed E-state index contributed by atoms with van der Waals surface area (Å²) in [7, 11) is 0. The first kappa shape index (κ1) is 14.8. The number of nitrogens with zero attached hydrogens (tertiary/aromatic N) is 2. The molecule has 124 valence electrons. The van der Waals surface area contributed by atoms with Gasteiger partial charge in [-0.1, -0.05) is 11.2 Å². The third-order valence-electron chi connectivity index (χ3n) is 5.11. The Balaban J connectivity index is 1.69. The van der Waals surface area contributed by atoms with Crippen LogP contribution in [0.15, 0.2) is 16.7 Å². The van der Waals surface area contributed by atoms with Crippen LogP contribution in [-0.4, -0.2) is 35.7 Å². The second-order valence-electron chi connectivity index (χ2n) is 6.55. The Morgan fingerprint density at radius 3 is 2.61 bits per heavy atom. The summed E-state index contributed by atoms with van der Waals surface area (Å²) in [5, 5.41) is 7.61. The lowest BCUT2D eigenvalue weighted by Crippen LogP contribution is -2.53. The topological polar surface area (TPSA) is 41.3 Å². The van der Waals surface area contributed by atoms with E-state index in [1.807, 2.05) is 0 Å². The van der Waals surface area contributed by atoms with E-state index in [2.05, 4.69) is 15.4 Å². The number of anilines is 1. The van der Waals surface area contributed by atoms with E-state index in [1.54, 1.807) is 6.07 Å². The Labute approximate surface area is 131 Å². The summed E-state index contributed by atoms with van der Waals surface area (Å²) in [5.74, 6) is 0.975. The van der Waals surface area contributed by atoms with E-state index in [9.17, 15) is 13.2 Å². The SMILES string of the molecule is Cc1ccc2c(N[C@@H]3CN4CCC3CC4)noc2c1C(F)(F)F. The van der Waals surface area contributed by atoms with Crippen molar-refractivity contribution in [3.63, 3.8) is 0 Å². The minimum absolute atomic E-state index is 0.149. The Kier molecular flexibility index (Phi) is 3.30. The number of hydrogen-bond donors (Lipinski definition) is 1. The van der Waals surface area contributed by atoms with Crippen molar-refractivity contribution in [2.24, 2.45) is 5.92 Å². The van der Waals surface area contributed by atoms with Gasteiger partial charge in [0.15, 0.2) is 11.4 Å². The van der Waals surface area contributed by atoms with Crippen molar-refractivity contribution in [2.75, 3.05) is 25.0 Å². The first-order valence-corrected chi connectivity index (χ1v) is 7.88. The first-order chi connectivity index (χ1) is 10.9. The average Bonchev–Trinajstić information content (AvgIpc) is 2.89.